The molecule has 3 N–H and O–H groups in total. The standard InChI is InChI=1S/C11H20N4OS/c1-16-8-9-2-4-15(5-3-9)7-10-6-13-11(14-12)17-10/h6,9H,2-5,7-8,12H2,1H3,(H,13,14). The van der Waals surface area contributed by atoms with E-state index >= 15 is 0 Å². The second-order valence-electron chi connectivity index (χ2n) is 4.45. The smallest absolute Gasteiger partial charge is 0.197 e. The summed E-state index contributed by atoms with van der Waals surface area (Å²) >= 11 is 1.62. The Morgan fingerprint density at radius 1 is 1.59 bits per heavy atom. The second kappa shape index (κ2) is 6.30. The lowest BCUT2D eigenvalue weighted by Crippen LogP contribution is -2.34. The predicted octanol–water partition coefficient (Wildman–Crippen LogP) is 1.29. The van der Waals surface area contributed by atoms with Gasteiger partial charge in [0.25, 0.3) is 0 Å². The SMILES string of the molecule is COCC1CCN(Cc2cnc(NN)s2)CC1. The van der Waals surface area contributed by atoms with E-state index in [0.29, 0.717) is 0 Å². The lowest BCUT2D eigenvalue weighted by Gasteiger charge is -2.31. The van der Waals surface area contributed by atoms with E-state index in [1.54, 1.807) is 18.4 Å². The van der Waals surface area contributed by atoms with Crippen molar-refractivity contribution in [3.63, 3.8) is 0 Å². The van der Waals surface area contributed by atoms with Crippen LogP contribution in [0.4, 0.5) is 5.13 Å². The van der Waals surface area contributed by atoms with Gasteiger partial charge in [-0.3, -0.25) is 10.3 Å². The zero-order valence-corrected chi connectivity index (χ0v) is 11.0. The maximum atomic E-state index is 5.32. The molecule has 0 atom stereocenters. The van der Waals surface area contributed by atoms with Gasteiger partial charge in [-0.15, -0.1) is 0 Å². The van der Waals surface area contributed by atoms with Gasteiger partial charge in [0.05, 0.1) is 0 Å². The van der Waals surface area contributed by atoms with Crippen molar-refractivity contribution in [2.24, 2.45) is 11.8 Å². The van der Waals surface area contributed by atoms with E-state index in [0.717, 1.165) is 37.3 Å². The van der Waals surface area contributed by atoms with E-state index in [2.05, 4.69) is 15.3 Å². The topological polar surface area (TPSA) is 63.4 Å². The molecule has 0 radical (unpaired) electrons. The fraction of sp³-hybridized carbons (Fsp3) is 0.727. The van der Waals surface area contributed by atoms with Crippen LogP contribution in [0.25, 0.3) is 0 Å². The van der Waals surface area contributed by atoms with Crippen LogP contribution in [0.3, 0.4) is 0 Å². The highest BCUT2D eigenvalue weighted by atomic mass is 32.1. The third kappa shape index (κ3) is 3.64. The van der Waals surface area contributed by atoms with Crippen molar-refractivity contribution in [3.8, 4) is 0 Å². The Kier molecular flexibility index (Phi) is 4.73. The molecule has 0 amide bonds. The highest BCUT2D eigenvalue weighted by Crippen LogP contribution is 2.22. The van der Waals surface area contributed by atoms with Crippen LogP contribution in [0, 0.1) is 5.92 Å². The van der Waals surface area contributed by atoms with Crippen molar-refractivity contribution < 1.29 is 4.74 Å². The van der Waals surface area contributed by atoms with E-state index in [4.69, 9.17) is 10.6 Å². The highest BCUT2D eigenvalue weighted by Gasteiger charge is 2.19. The van der Waals surface area contributed by atoms with Crippen LogP contribution in [0.1, 0.15) is 17.7 Å². The molecule has 1 fully saturated rings. The Morgan fingerprint density at radius 2 is 2.35 bits per heavy atom. The van der Waals surface area contributed by atoms with E-state index in [1.807, 2.05) is 6.20 Å². The van der Waals surface area contributed by atoms with Crippen LogP contribution in [-0.4, -0.2) is 36.7 Å². The summed E-state index contributed by atoms with van der Waals surface area (Å²) in [6, 6.07) is 0. The van der Waals surface area contributed by atoms with Crippen molar-refractivity contribution in [2.45, 2.75) is 19.4 Å². The van der Waals surface area contributed by atoms with Gasteiger partial charge in [-0.2, -0.15) is 0 Å². The third-order valence-corrected chi connectivity index (χ3v) is 4.08. The highest BCUT2D eigenvalue weighted by molar-refractivity contribution is 7.15. The number of methoxy groups -OCH3 is 1. The van der Waals surface area contributed by atoms with Crippen molar-refractivity contribution in [1.82, 2.24) is 9.88 Å². The van der Waals surface area contributed by atoms with E-state index in [1.165, 1.54) is 17.7 Å². The molecule has 1 aliphatic heterocycles. The number of nitrogens with one attached hydrogen (secondary N) is 1. The minimum atomic E-state index is 0.735. The van der Waals surface area contributed by atoms with Crippen LogP contribution in [-0.2, 0) is 11.3 Å². The predicted molar refractivity (Wildman–Crippen MR) is 69.8 cm³/mol. The van der Waals surface area contributed by atoms with Crippen LogP contribution >= 0.6 is 11.3 Å². The zero-order valence-electron chi connectivity index (χ0n) is 10.2. The number of aromatic nitrogens is 1. The molecule has 6 heteroatoms. The van der Waals surface area contributed by atoms with Gasteiger partial charge in [0, 0.05) is 31.3 Å². The van der Waals surface area contributed by atoms with Gasteiger partial charge in [-0.25, -0.2) is 10.8 Å². The van der Waals surface area contributed by atoms with Crippen molar-refractivity contribution in [2.75, 3.05) is 32.2 Å². The largest absolute Gasteiger partial charge is 0.384 e. The number of ether oxygens (including phenoxy) is 1. The van der Waals surface area contributed by atoms with Gasteiger partial charge in [0.2, 0.25) is 0 Å². The molecule has 2 rings (SSSR count). The quantitative estimate of drug-likeness (QED) is 0.614. The van der Waals surface area contributed by atoms with Crippen LogP contribution in [0.15, 0.2) is 6.20 Å². The number of hydrogen-bond donors (Lipinski definition) is 2. The Morgan fingerprint density at radius 3 is 2.94 bits per heavy atom. The molecule has 5 nitrogen and oxygen atoms in total. The molecule has 17 heavy (non-hydrogen) atoms. The molecule has 96 valence electrons. The third-order valence-electron chi connectivity index (χ3n) is 3.17. The Balaban J connectivity index is 1.77. The van der Waals surface area contributed by atoms with E-state index in [-0.39, 0.29) is 0 Å². The Bertz CT molecular complexity index is 336. The summed E-state index contributed by atoms with van der Waals surface area (Å²) in [7, 11) is 1.78. The number of nitrogens with zero attached hydrogens (tertiary/aromatic N) is 2. The average Bonchev–Trinajstić information content (AvgIpc) is 2.80. The maximum absolute atomic E-state index is 5.32. The van der Waals surface area contributed by atoms with Crippen molar-refractivity contribution in [1.29, 1.82) is 0 Å². The first kappa shape index (κ1) is 12.8. The van der Waals surface area contributed by atoms with Gasteiger partial charge in [0.15, 0.2) is 5.13 Å². The van der Waals surface area contributed by atoms with E-state index < -0.39 is 0 Å². The molecular formula is C11H20N4OS. The summed E-state index contributed by atoms with van der Waals surface area (Å²) in [5.41, 5.74) is 2.58. The summed E-state index contributed by atoms with van der Waals surface area (Å²) in [6.07, 6.45) is 4.37. The summed E-state index contributed by atoms with van der Waals surface area (Å²) < 4.78 is 5.20. The number of hydrazine groups is 1. The monoisotopic (exact) mass is 256 g/mol. The molecule has 0 saturated carbocycles. The minimum absolute atomic E-state index is 0.735. The van der Waals surface area contributed by atoms with Gasteiger partial charge in [-0.1, -0.05) is 11.3 Å². The molecule has 1 aliphatic rings. The first-order valence-corrected chi connectivity index (χ1v) is 6.76. The normalized spacial score (nSPS) is 18.5. The Hall–Kier alpha value is -0.690. The number of nitrogen functional groups attached to an aromatic ring is 1. The summed E-state index contributed by atoms with van der Waals surface area (Å²) in [6.45, 7) is 4.18. The number of anilines is 1. The van der Waals surface area contributed by atoms with Crippen LogP contribution < -0.4 is 11.3 Å². The molecule has 1 saturated heterocycles. The molecule has 1 aromatic heterocycles. The first-order chi connectivity index (χ1) is 8.31. The number of rotatable bonds is 5. The molecule has 0 spiro atoms. The fourth-order valence-electron chi connectivity index (χ4n) is 2.21. The van der Waals surface area contributed by atoms with Crippen LogP contribution in [0.2, 0.25) is 0 Å². The second-order valence-corrected chi connectivity index (χ2v) is 5.57. The maximum Gasteiger partial charge on any atom is 0.197 e. The lowest BCUT2D eigenvalue weighted by atomic mass is 9.98. The molecule has 0 unspecified atom stereocenters. The fourth-order valence-corrected chi connectivity index (χ4v) is 2.98. The van der Waals surface area contributed by atoms with Gasteiger partial charge >= 0.3 is 0 Å². The molecular weight excluding hydrogens is 236 g/mol. The zero-order chi connectivity index (χ0) is 12.1. The number of piperidine rings is 1. The lowest BCUT2D eigenvalue weighted by molar-refractivity contribution is 0.0972. The summed E-state index contributed by atoms with van der Waals surface area (Å²) in [5, 5.41) is 0.786. The van der Waals surface area contributed by atoms with Gasteiger partial charge < -0.3 is 4.74 Å². The number of nitrogens with two attached hydrogens (primary N) is 1. The molecule has 0 bridgehead atoms. The minimum Gasteiger partial charge on any atom is -0.384 e. The number of thiazole rings is 1. The summed E-state index contributed by atoms with van der Waals surface area (Å²) in [5.74, 6) is 6.05. The molecule has 2 heterocycles. The average molecular weight is 256 g/mol. The van der Waals surface area contributed by atoms with Crippen molar-refractivity contribution in [3.05, 3.63) is 11.1 Å². The number of hydrogen-bond acceptors (Lipinski definition) is 6. The van der Waals surface area contributed by atoms with E-state index in [9.17, 15) is 0 Å². The summed E-state index contributed by atoms with van der Waals surface area (Å²) in [4.78, 5) is 7.92. The first-order valence-electron chi connectivity index (χ1n) is 5.94. The van der Waals surface area contributed by atoms with Crippen molar-refractivity contribution >= 4 is 16.5 Å². The van der Waals surface area contributed by atoms with Gasteiger partial charge in [-0.05, 0) is 31.8 Å². The van der Waals surface area contributed by atoms with Crippen LogP contribution in [0.5, 0.6) is 0 Å². The number of likely N-dealkylation sites (tertiary alicyclic amines) is 1. The Labute approximate surface area is 106 Å². The van der Waals surface area contributed by atoms with Gasteiger partial charge in [0.1, 0.15) is 0 Å². The molecule has 1 aromatic rings. The molecule has 0 aromatic carbocycles. The molecule has 0 aliphatic carbocycles.